The van der Waals surface area contributed by atoms with Gasteiger partial charge in [-0.15, -0.1) is 11.3 Å². The van der Waals surface area contributed by atoms with Gasteiger partial charge in [0.25, 0.3) is 0 Å². The Hall–Kier alpha value is -3.01. The number of halogens is 16. The molecule has 0 aliphatic rings. The molecule has 1 aromatic heterocycles. The van der Waals surface area contributed by atoms with E-state index in [9.17, 15) is 84.6 Å². The van der Waals surface area contributed by atoms with Crippen LogP contribution in [0.3, 0.4) is 0 Å². The average Bonchev–Trinajstić information content (AvgIpc) is 3.17. The zero-order valence-electron chi connectivity index (χ0n) is 19.6. The predicted octanol–water partition coefficient (Wildman–Crippen LogP) is 6.28. The Kier molecular flexibility index (Phi) is 9.38. The molecule has 0 saturated carbocycles. The Morgan fingerprint density at radius 1 is 0.683 bits per heavy atom. The van der Waals surface area contributed by atoms with Gasteiger partial charge in [0.05, 0.1) is 19.8 Å². The van der Waals surface area contributed by atoms with Crippen LogP contribution in [0.2, 0.25) is 0 Å². The fraction of sp³-hybridized carbons (Fsp3) is 0.611. The van der Waals surface area contributed by atoms with Crippen LogP contribution in [0.15, 0.2) is 0 Å². The van der Waals surface area contributed by atoms with Gasteiger partial charge in [-0.1, -0.05) is 0 Å². The van der Waals surface area contributed by atoms with Crippen molar-refractivity contribution in [1.29, 1.82) is 0 Å². The summed E-state index contributed by atoms with van der Waals surface area (Å²) in [5.74, 6) is -64.1. The molecule has 1 amide bonds. The molecule has 0 unspecified atom stereocenters. The van der Waals surface area contributed by atoms with Crippen molar-refractivity contribution in [2.45, 2.75) is 54.8 Å². The molecule has 0 radical (unpaired) electrons. The number of ether oxygens (including phenoxy) is 2. The first-order valence-electron chi connectivity index (χ1n) is 9.62. The van der Waals surface area contributed by atoms with Crippen LogP contribution >= 0.6 is 11.3 Å². The summed E-state index contributed by atoms with van der Waals surface area (Å²) in [6.45, 7) is 0.837. The van der Waals surface area contributed by atoms with Gasteiger partial charge in [-0.05, 0) is 12.5 Å². The number of hydrogen-bond acceptors (Lipinski definition) is 6. The first-order chi connectivity index (χ1) is 18.1. The number of thiophene rings is 1. The van der Waals surface area contributed by atoms with Crippen molar-refractivity contribution in [3.63, 3.8) is 0 Å². The second kappa shape index (κ2) is 10.7. The Morgan fingerprint density at radius 3 is 1.46 bits per heavy atom. The number of carbonyl (C=O) groups excluding carboxylic acids is 3. The number of alkyl halides is 16. The number of anilines is 1. The predicted molar refractivity (Wildman–Crippen MR) is 101 cm³/mol. The molecule has 0 aliphatic heterocycles. The standard InChI is InChI=1S/C18H11F16NO5S/c1-4-5(8(36)39-2)7(41-6(4)9(37)40-3)35-11(38)13(23,24)15(27,28)17(31,32)18(33,34)16(29,30)14(25,26)12(21,22)10(19)20/h10H,1-3H3,(H,35,38). The van der Waals surface area contributed by atoms with Crippen LogP contribution in [-0.4, -0.2) is 79.9 Å². The van der Waals surface area contributed by atoms with E-state index in [1.54, 1.807) is 0 Å². The van der Waals surface area contributed by atoms with Gasteiger partial charge < -0.3 is 14.8 Å². The zero-order chi connectivity index (χ0) is 32.9. The molecule has 1 aromatic rings. The summed E-state index contributed by atoms with van der Waals surface area (Å²) in [6, 6.07) is 0. The van der Waals surface area contributed by atoms with E-state index in [4.69, 9.17) is 0 Å². The summed E-state index contributed by atoms with van der Waals surface area (Å²) >= 11 is -0.251. The van der Waals surface area contributed by atoms with E-state index < -0.39 is 86.7 Å². The average molecular weight is 657 g/mol. The summed E-state index contributed by atoms with van der Waals surface area (Å²) in [7, 11) is 1.31. The van der Waals surface area contributed by atoms with E-state index in [-0.39, 0.29) is 11.3 Å². The van der Waals surface area contributed by atoms with Gasteiger partial charge in [0.15, 0.2) is 0 Å². The van der Waals surface area contributed by atoms with Crippen LogP contribution in [0.5, 0.6) is 0 Å². The van der Waals surface area contributed by atoms with Gasteiger partial charge in [-0.25, -0.2) is 18.4 Å². The lowest BCUT2D eigenvalue weighted by molar-refractivity contribution is -0.443. The minimum Gasteiger partial charge on any atom is -0.465 e. The molecule has 0 atom stereocenters. The molecule has 6 nitrogen and oxygen atoms in total. The van der Waals surface area contributed by atoms with Crippen LogP contribution < -0.4 is 5.32 Å². The maximum Gasteiger partial charge on any atom is 0.393 e. The number of hydrogen-bond donors (Lipinski definition) is 1. The lowest BCUT2D eigenvalue weighted by Crippen LogP contribution is -2.74. The van der Waals surface area contributed by atoms with E-state index in [1.165, 1.54) is 0 Å². The number of rotatable bonds is 11. The van der Waals surface area contributed by atoms with Crippen molar-refractivity contribution in [2.75, 3.05) is 19.5 Å². The van der Waals surface area contributed by atoms with Gasteiger partial charge in [-0.3, -0.25) is 4.79 Å². The lowest BCUT2D eigenvalue weighted by Gasteiger charge is -2.42. The molecule has 1 heterocycles. The molecule has 1 N–H and O–H groups in total. The highest BCUT2D eigenvalue weighted by Crippen LogP contribution is 2.62. The lowest BCUT2D eigenvalue weighted by atomic mass is 9.89. The Labute approximate surface area is 219 Å². The molecule has 0 aliphatic carbocycles. The van der Waals surface area contributed by atoms with Crippen molar-refractivity contribution in [1.82, 2.24) is 0 Å². The van der Waals surface area contributed by atoms with Gasteiger partial charge >= 0.3 is 65.7 Å². The third-order valence-corrected chi connectivity index (χ3v) is 6.27. The van der Waals surface area contributed by atoms with E-state index >= 15 is 0 Å². The summed E-state index contributed by atoms with van der Waals surface area (Å²) < 4.78 is 224. The fourth-order valence-electron chi connectivity index (χ4n) is 2.70. The summed E-state index contributed by atoms with van der Waals surface area (Å²) in [5, 5.41) is -0.752. The van der Waals surface area contributed by atoms with E-state index in [1.807, 2.05) is 0 Å². The van der Waals surface area contributed by atoms with Crippen LogP contribution in [0.4, 0.5) is 75.2 Å². The minimum absolute atomic E-state index is 0.251. The smallest absolute Gasteiger partial charge is 0.393 e. The first-order valence-corrected chi connectivity index (χ1v) is 10.4. The SMILES string of the molecule is COC(=O)c1sc(NC(=O)C(F)(F)C(F)(F)C(F)(F)C(F)(F)C(F)(F)C(F)(F)C(F)(F)C(F)F)c(C(=O)OC)c1C. The van der Waals surface area contributed by atoms with Crippen LogP contribution in [0.1, 0.15) is 25.6 Å². The van der Waals surface area contributed by atoms with Crippen LogP contribution in [-0.2, 0) is 14.3 Å². The summed E-state index contributed by atoms with van der Waals surface area (Å²) in [4.78, 5) is 34.7. The molecule has 41 heavy (non-hydrogen) atoms. The molecular formula is C18H11F16NO5S. The number of nitrogens with one attached hydrogen (secondary N) is 1. The molecule has 0 spiro atoms. The molecule has 23 heteroatoms. The summed E-state index contributed by atoms with van der Waals surface area (Å²) in [5.41, 5.74) is -1.69. The summed E-state index contributed by atoms with van der Waals surface area (Å²) in [6.07, 6.45) is -5.99. The molecule has 1 rings (SSSR count). The van der Waals surface area contributed by atoms with Crippen molar-refractivity contribution in [2.24, 2.45) is 0 Å². The molecule has 0 saturated heterocycles. The number of carbonyl (C=O) groups is 3. The topological polar surface area (TPSA) is 81.7 Å². The van der Waals surface area contributed by atoms with Gasteiger partial charge in [0.2, 0.25) is 0 Å². The van der Waals surface area contributed by atoms with Crippen molar-refractivity contribution >= 4 is 34.2 Å². The van der Waals surface area contributed by atoms with E-state index in [2.05, 4.69) is 9.47 Å². The number of amides is 1. The maximum absolute atomic E-state index is 14.2. The molecule has 0 aromatic carbocycles. The first kappa shape index (κ1) is 36.0. The third-order valence-electron chi connectivity index (χ3n) is 5.08. The Morgan fingerprint density at radius 2 is 1.07 bits per heavy atom. The molecular weight excluding hydrogens is 646 g/mol. The highest BCUT2D eigenvalue weighted by atomic mass is 32.1. The minimum atomic E-state index is -8.69. The number of esters is 2. The molecule has 0 bridgehead atoms. The van der Waals surface area contributed by atoms with Gasteiger partial charge in [0.1, 0.15) is 9.88 Å². The fourth-order valence-corrected chi connectivity index (χ4v) is 3.80. The highest BCUT2D eigenvalue weighted by molar-refractivity contribution is 7.18. The van der Waals surface area contributed by atoms with E-state index in [0.29, 0.717) is 19.5 Å². The maximum atomic E-state index is 14.2. The third kappa shape index (κ3) is 5.02. The Bertz CT molecular complexity index is 1200. The van der Waals surface area contributed by atoms with Crippen LogP contribution in [0, 0.1) is 6.92 Å². The van der Waals surface area contributed by atoms with Crippen molar-refractivity contribution in [3.05, 3.63) is 16.0 Å². The van der Waals surface area contributed by atoms with Crippen molar-refractivity contribution < 1.29 is 94.1 Å². The number of methoxy groups -OCH3 is 2. The molecule has 0 fully saturated rings. The quantitative estimate of drug-likeness (QED) is 0.224. The van der Waals surface area contributed by atoms with E-state index in [0.717, 1.165) is 6.92 Å². The second-order valence-corrected chi connectivity index (χ2v) is 8.59. The Balaban J connectivity index is 3.70. The molecule has 236 valence electrons. The zero-order valence-corrected chi connectivity index (χ0v) is 20.4. The normalized spacial score (nSPS) is 14.2. The largest absolute Gasteiger partial charge is 0.465 e. The van der Waals surface area contributed by atoms with Gasteiger partial charge in [-0.2, -0.15) is 61.5 Å². The van der Waals surface area contributed by atoms with Crippen molar-refractivity contribution in [3.8, 4) is 0 Å². The monoisotopic (exact) mass is 657 g/mol. The highest BCUT2D eigenvalue weighted by Gasteiger charge is 2.94. The van der Waals surface area contributed by atoms with Gasteiger partial charge in [0, 0.05) is 0 Å². The van der Waals surface area contributed by atoms with Crippen LogP contribution in [0.25, 0.3) is 0 Å². The second-order valence-electron chi connectivity index (χ2n) is 7.57.